The minimum absolute atomic E-state index is 0.0928. The third kappa shape index (κ3) is 3.45. The van der Waals surface area contributed by atoms with Crippen molar-refractivity contribution in [3.05, 3.63) is 40.4 Å². The molecule has 0 saturated carbocycles. The van der Waals surface area contributed by atoms with E-state index in [1.165, 1.54) is 16.9 Å². The van der Waals surface area contributed by atoms with E-state index in [1.54, 1.807) is 6.92 Å². The first kappa shape index (κ1) is 15.2. The van der Waals surface area contributed by atoms with Crippen LogP contribution < -0.4 is 4.72 Å². The zero-order valence-electron chi connectivity index (χ0n) is 11.8. The Balaban J connectivity index is 2.25. The third-order valence-electron chi connectivity index (χ3n) is 3.10. The van der Waals surface area contributed by atoms with Crippen LogP contribution >= 0.6 is 11.3 Å². The SMILES string of the molecule is CCS(=O)(=O)NCc1sc(-c2ccccc2C)nc1C. The molecule has 0 atom stereocenters. The standard InChI is InChI=1S/C14H18N2O2S2/c1-4-20(17,18)15-9-13-11(3)16-14(19-13)12-8-6-5-7-10(12)2/h5-8,15H,4,9H2,1-3H3. The highest BCUT2D eigenvalue weighted by atomic mass is 32.2. The Morgan fingerprint density at radius 1 is 1.25 bits per heavy atom. The molecule has 0 radical (unpaired) electrons. The maximum atomic E-state index is 11.5. The first-order valence-corrected chi connectivity index (χ1v) is 8.89. The number of benzene rings is 1. The molecule has 1 aromatic heterocycles. The van der Waals surface area contributed by atoms with Gasteiger partial charge < -0.3 is 0 Å². The zero-order valence-corrected chi connectivity index (χ0v) is 13.4. The van der Waals surface area contributed by atoms with Crippen LogP contribution in [0.2, 0.25) is 0 Å². The van der Waals surface area contributed by atoms with Gasteiger partial charge in [-0.3, -0.25) is 0 Å². The lowest BCUT2D eigenvalue weighted by molar-refractivity contribution is 0.583. The molecule has 1 heterocycles. The first-order chi connectivity index (χ1) is 9.43. The number of hydrogen-bond acceptors (Lipinski definition) is 4. The van der Waals surface area contributed by atoms with Crippen molar-refractivity contribution in [2.24, 2.45) is 0 Å². The summed E-state index contributed by atoms with van der Waals surface area (Å²) in [6.07, 6.45) is 0. The number of rotatable bonds is 5. The van der Waals surface area contributed by atoms with Crippen LogP contribution in [0.4, 0.5) is 0 Å². The fraction of sp³-hybridized carbons (Fsp3) is 0.357. The molecule has 1 aromatic carbocycles. The normalized spacial score (nSPS) is 11.8. The predicted molar refractivity (Wildman–Crippen MR) is 83.3 cm³/mol. The van der Waals surface area contributed by atoms with Gasteiger partial charge in [-0.15, -0.1) is 11.3 Å². The summed E-state index contributed by atoms with van der Waals surface area (Å²) in [5.74, 6) is 0.0928. The molecular formula is C14H18N2O2S2. The Kier molecular flexibility index (Phi) is 4.57. The summed E-state index contributed by atoms with van der Waals surface area (Å²) in [5.41, 5.74) is 3.15. The van der Waals surface area contributed by atoms with Crippen molar-refractivity contribution in [3.8, 4) is 10.6 Å². The summed E-state index contributed by atoms with van der Waals surface area (Å²) in [6.45, 7) is 5.89. The van der Waals surface area contributed by atoms with Gasteiger partial charge in [-0.25, -0.2) is 18.1 Å². The van der Waals surface area contributed by atoms with Crippen molar-refractivity contribution in [2.75, 3.05) is 5.75 Å². The molecule has 1 N–H and O–H groups in total. The van der Waals surface area contributed by atoms with Gasteiger partial charge in [0, 0.05) is 17.0 Å². The summed E-state index contributed by atoms with van der Waals surface area (Å²) in [4.78, 5) is 5.51. The lowest BCUT2D eigenvalue weighted by Gasteiger charge is -2.02. The Hall–Kier alpha value is -1.24. The van der Waals surface area contributed by atoms with Crippen LogP contribution in [-0.4, -0.2) is 19.2 Å². The summed E-state index contributed by atoms with van der Waals surface area (Å²) >= 11 is 1.54. The largest absolute Gasteiger partial charge is 0.241 e. The monoisotopic (exact) mass is 310 g/mol. The first-order valence-electron chi connectivity index (χ1n) is 6.42. The molecular weight excluding hydrogens is 292 g/mol. The highest BCUT2D eigenvalue weighted by molar-refractivity contribution is 7.89. The molecule has 108 valence electrons. The second kappa shape index (κ2) is 6.03. The summed E-state index contributed by atoms with van der Waals surface area (Å²) < 4.78 is 25.6. The molecule has 0 aliphatic rings. The van der Waals surface area contributed by atoms with Crippen LogP contribution in [-0.2, 0) is 16.6 Å². The van der Waals surface area contributed by atoms with Crippen LogP contribution in [0.25, 0.3) is 10.6 Å². The van der Waals surface area contributed by atoms with Crippen LogP contribution in [0.3, 0.4) is 0 Å². The van der Waals surface area contributed by atoms with Crippen molar-refractivity contribution >= 4 is 21.4 Å². The van der Waals surface area contributed by atoms with Gasteiger partial charge in [-0.2, -0.15) is 0 Å². The average Bonchev–Trinajstić information content (AvgIpc) is 2.78. The van der Waals surface area contributed by atoms with Gasteiger partial charge >= 0.3 is 0 Å². The van der Waals surface area contributed by atoms with Crippen LogP contribution in [0, 0.1) is 13.8 Å². The smallest absolute Gasteiger partial charge is 0.211 e. The molecule has 20 heavy (non-hydrogen) atoms. The van der Waals surface area contributed by atoms with E-state index in [4.69, 9.17) is 0 Å². The third-order valence-corrected chi connectivity index (χ3v) is 5.64. The molecule has 6 heteroatoms. The maximum Gasteiger partial charge on any atom is 0.211 e. The quantitative estimate of drug-likeness (QED) is 0.924. The number of hydrogen-bond donors (Lipinski definition) is 1. The second-order valence-corrected chi connectivity index (χ2v) is 7.75. The van der Waals surface area contributed by atoms with Gasteiger partial charge in [-0.1, -0.05) is 24.3 Å². The highest BCUT2D eigenvalue weighted by Crippen LogP contribution is 2.30. The predicted octanol–water partition coefficient (Wildman–Crippen LogP) is 2.87. The van der Waals surface area contributed by atoms with Gasteiger partial charge in [0.2, 0.25) is 10.0 Å². The van der Waals surface area contributed by atoms with E-state index in [9.17, 15) is 8.42 Å². The minimum Gasteiger partial charge on any atom is -0.241 e. The van der Waals surface area contributed by atoms with Gasteiger partial charge in [0.25, 0.3) is 0 Å². The van der Waals surface area contributed by atoms with Gasteiger partial charge in [-0.05, 0) is 26.3 Å². The molecule has 2 aromatic rings. The van der Waals surface area contributed by atoms with Crippen molar-refractivity contribution in [2.45, 2.75) is 27.3 Å². The van der Waals surface area contributed by atoms with Crippen LogP contribution in [0.1, 0.15) is 23.1 Å². The highest BCUT2D eigenvalue weighted by Gasteiger charge is 2.13. The lowest BCUT2D eigenvalue weighted by atomic mass is 10.1. The lowest BCUT2D eigenvalue weighted by Crippen LogP contribution is -2.24. The van der Waals surface area contributed by atoms with E-state index in [0.29, 0.717) is 6.54 Å². The van der Waals surface area contributed by atoms with E-state index in [-0.39, 0.29) is 5.75 Å². The van der Waals surface area contributed by atoms with E-state index >= 15 is 0 Å². The summed E-state index contributed by atoms with van der Waals surface area (Å²) in [6, 6.07) is 8.06. The Bertz CT molecular complexity index is 706. The number of thiazole rings is 1. The van der Waals surface area contributed by atoms with E-state index in [0.717, 1.165) is 21.1 Å². The summed E-state index contributed by atoms with van der Waals surface area (Å²) in [5, 5.41) is 0.936. The van der Waals surface area contributed by atoms with Crippen molar-refractivity contribution < 1.29 is 8.42 Å². The fourth-order valence-electron chi connectivity index (χ4n) is 1.80. The molecule has 0 bridgehead atoms. The number of nitrogens with one attached hydrogen (secondary N) is 1. The van der Waals surface area contributed by atoms with E-state index < -0.39 is 10.0 Å². The molecule has 4 nitrogen and oxygen atoms in total. The molecule has 0 aliphatic heterocycles. The van der Waals surface area contributed by atoms with Gasteiger partial charge in [0.15, 0.2) is 0 Å². The van der Waals surface area contributed by atoms with Gasteiger partial charge in [0.05, 0.1) is 11.4 Å². The van der Waals surface area contributed by atoms with Crippen LogP contribution in [0.15, 0.2) is 24.3 Å². The Morgan fingerprint density at radius 3 is 2.60 bits per heavy atom. The minimum atomic E-state index is -3.17. The van der Waals surface area contributed by atoms with E-state index in [1.807, 2.05) is 38.1 Å². The zero-order chi connectivity index (χ0) is 14.8. The van der Waals surface area contributed by atoms with Crippen molar-refractivity contribution in [1.29, 1.82) is 0 Å². The molecule has 0 spiro atoms. The van der Waals surface area contributed by atoms with Crippen molar-refractivity contribution in [1.82, 2.24) is 9.71 Å². The number of sulfonamides is 1. The molecule has 2 rings (SSSR count). The second-order valence-electron chi connectivity index (χ2n) is 4.57. The summed E-state index contributed by atoms with van der Waals surface area (Å²) in [7, 11) is -3.17. The number of aromatic nitrogens is 1. The molecule has 0 unspecified atom stereocenters. The molecule has 0 fully saturated rings. The molecule has 0 amide bonds. The molecule has 0 aliphatic carbocycles. The van der Waals surface area contributed by atoms with E-state index in [2.05, 4.69) is 9.71 Å². The van der Waals surface area contributed by atoms with Crippen LogP contribution in [0.5, 0.6) is 0 Å². The Morgan fingerprint density at radius 2 is 1.95 bits per heavy atom. The number of nitrogens with zero attached hydrogens (tertiary/aromatic N) is 1. The number of aryl methyl sites for hydroxylation is 2. The van der Waals surface area contributed by atoms with Crippen molar-refractivity contribution in [3.63, 3.8) is 0 Å². The average molecular weight is 310 g/mol. The maximum absolute atomic E-state index is 11.5. The van der Waals surface area contributed by atoms with Gasteiger partial charge in [0.1, 0.15) is 5.01 Å². The molecule has 0 saturated heterocycles. The fourth-order valence-corrected chi connectivity index (χ4v) is 3.55. The Labute approximate surface area is 123 Å². The topological polar surface area (TPSA) is 59.1 Å².